The highest BCUT2D eigenvalue weighted by molar-refractivity contribution is 9.10. The van der Waals surface area contributed by atoms with Crippen molar-refractivity contribution in [3.05, 3.63) is 27.7 Å². The number of hydrogen-bond acceptors (Lipinski definition) is 2. The lowest BCUT2D eigenvalue weighted by molar-refractivity contribution is -0.119. The van der Waals surface area contributed by atoms with Crippen LogP contribution in [0, 0.1) is 0 Å². The highest BCUT2D eigenvalue weighted by Gasteiger charge is 2.39. The van der Waals surface area contributed by atoms with Gasteiger partial charge in [0.2, 0.25) is 5.91 Å². The summed E-state index contributed by atoms with van der Waals surface area (Å²) in [5.74, 6) is -0.287. The van der Waals surface area contributed by atoms with Gasteiger partial charge in [-0.15, -0.1) is 11.6 Å². The Labute approximate surface area is 113 Å². The standard InChI is InChI=1S/C12H11BrClNO2/c1-12(2)7-3-6(10(16)5-14)8(13)4-9(7)15-11(12)17/h3-4H,5H2,1-2H3,(H,15,17). The van der Waals surface area contributed by atoms with Crippen LogP contribution in [0.2, 0.25) is 0 Å². The fourth-order valence-corrected chi connectivity index (χ4v) is 2.59. The average Bonchev–Trinajstić information content (AvgIpc) is 2.48. The van der Waals surface area contributed by atoms with Gasteiger partial charge in [-0.3, -0.25) is 9.59 Å². The molecule has 90 valence electrons. The van der Waals surface area contributed by atoms with Crippen molar-refractivity contribution < 1.29 is 9.59 Å². The van der Waals surface area contributed by atoms with Gasteiger partial charge in [-0.1, -0.05) is 0 Å². The highest BCUT2D eigenvalue weighted by atomic mass is 79.9. The molecule has 0 unspecified atom stereocenters. The second-order valence-electron chi connectivity index (χ2n) is 4.51. The van der Waals surface area contributed by atoms with Gasteiger partial charge in [0.05, 0.1) is 11.3 Å². The summed E-state index contributed by atoms with van der Waals surface area (Å²) in [4.78, 5) is 23.4. The normalized spacial score (nSPS) is 16.6. The Bertz CT molecular complexity index is 525. The zero-order chi connectivity index (χ0) is 12.8. The van der Waals surface area contributed by atoms with Gasteiger partial charge in [-0.2, -0.15) is 0 Å². The fourth-order valence-electron chi connectivity index (χ4n) is 1.88. The molecule has 0 bridgehead atoms. The van der Waals surface area contributed by atoms with Crippen molar-refractivity contribution in [1.29, 1.82) is 0 Å². The number of benzene rings is 1. The van der Waals surface area contributed by atoms with Crippen LogP contribution in [-0.2, 0) is 10.2 Å². The molecule has 1 aliphatic rings. The molecule has 2 rings (SSSR count). The van der Waals surface area contributed by atoms with E-state index in [-0.39, 0.29) is 17.6 Å². The molecule has 1 aliphatic heterocycles. The SMILES string of the molecule is CC1(C)C(=O)Nc2cc(Br)c(C(=O)CCl)cc21. The van der Waals surface area contributed by atoms with Crippen LogP contribution < -0.4 is 5.32 Å². The molecule has 1 amide bonds. The van der Waals surface area contributed by atoms with Gasteiger partial charge in [0.15, 0.2) is 5.78 Å². The molecule has 1 N–H and O–H groups in total. The summed E-state index contributed by atoms with van der Waals surface area (Å²) in [5.41, 5.74) is 1.48. The minimum Gasteiger partial charge on any atom is -0.325 e. The van der Waals surface area contributed by atoms with Crippen molar-refractivity contribution in [2.45, 2.75) is 19.3 Å². The Balaban J connectivity index is 2.61. The summed E-state index contributed by atoms with van der Waals surface area (Å²) in [5, 5.41) is 2.80. The quantitative estimate of drug-likeness (QED) is 0.673. The van der Waals surface area contributed by atoms with Crippen LogP contribution in [0.1, 0.15) is 29.8 Å². The zero-order valence-corrected chi connectivity index (χ0v) is 11.8. The largest absolute Gasteiger partial charge is 0.325 e. The van der Waals surface area contributed by atoms with Crippen LogP contribution in [0.5, 0.6) is 0 Å². The maximum absolute atomic E-state index is 11.8. The summed E-state index contributed by atoms with van der Waals surface area (Å²) in [7, 11) is 0. The number of carbonyl (C=O) groups excluding carboxylic acids is 2. The minimum atomic E-state index is -0.614. The summed E-state index contributed by atoms with van der Waals surface area (Å²) in [6, 6.07) is 3.49. The Hall–Kier alpha value is -0.870. The first-order valence-electron chi connectivity index (χ1n) is 5.12. The molecule has 3 nitrogen and oxygen atoms in total. The van der Waals surface area contributed by atoms with E-state index in [4.69, 9.17) is 11.6 Å². The van der Waals surface area contributed by atoms with E-state index in [1.165, 1.54) is 0 Å². The van der Waals surface area contributed by atoms with Gasteiger partial charge in [-0.25, -0.2) is 0 Å². The van der Waals surface area contributed by atoms with Gasteiger partial charge in [0.1, 0.15) is 0 Å². The molecule has 0 aromatic heterocycles. The number of rotatable bonds is 2. The van der Waals surface area contributed by atoms with Crippen molar-refractivity contribution in [2.75, 3.05) is 11.2 Å². The maximum atomic E-state index is 11.8. The van der Waals surface area contributed by atoms with Gasteiger partial charge >= 0.3 is 0 Å². The molecule has 1 aromatic carbocycles. The maximum Gasteiger partial charge on any atom is 0.234 e. The lowest BCUT2D eigenvalue weighted by Gasteiger charge is -2.16. The number of halogens is 2. The minimum absolute atomic E-state index is 0.0603. The average molecular weight is 317 g/mol. The predicted molar refractivity (Wildman–Crippen MR) is 70.8 cm³/mol. The first kappa shape index (κ1) is 12.6. The number of amides is 1. The van der Waals surface area contributed by atoms with Crippen LogP contribution in [0.4, 0.5) is 5.69 Å². The molecule has 0 radical (unpaired) electrons. The molecule has 0 spiro atoms. The van der Waals surface area contributed by atoms with Gasteiger partial charge in [-0.05, 0) is 47.5 Å². The van der Waals surface area contributed by atoms with E-state index in [1.54, 1.807) is 12.1 Å². The van der Waals surface area contributed by atoms with Crippen LogP contribution in [0.15, 0.2) is 16.6 Å². The molecule has 1 heterocycles. The number of ketones is 1. The van der Waals surface area contributed by atoms with Crippen LogP contribution in [-0.4, -0.2) is 17.6 Å². The Morgan fingerprint density at radius 1 is 1.47 bits per heavy atom. The monoisotopic (exact) mass is 315 g/mol. The lowest BCUT2D eigenvalue weighted by atomic mass is 9.85. The molecule has 1 aromatic rings. The summed E-state index contributed by atoms with van der Waals surface area (Å²) >= 11 is 8.87. The smallest absolute Gasteiger partial charge is 0.234 e. The van der Waals surface area contributed by atoms with Crippen molar-refractivity contribution >= 4 is 44.9 Å². The number of carbonyl (C=O) groups is 2. The predicted octanol–water partition coefficient (Wildman–Crippen LogP) is 3.10. The lowest BCUT2D eigenvalue weighted by Crippen LogP contribution is -2.27. The highest BCUT2D eigenvalue weighted by Crippen LogP contribution is 2.40. The fraction of sp³-hybridized carbons (Fsp3) is 0.333. The summed E-state index contributed by atoms with van der Waals surface area (Å²) in [6.45, 7) is 3.66. The van der Waals surface area contributed by atoms with Gasteiger partial charge in [0, 0.05) is 15.7 Å². The topological polar surface area (TPSA) is 46.2 Å². The molecule has 17 heavy (non-hydrogen) atoms. The third-order valence-electron chi connectivity index (χ3n) is 3.02. The third kappa shape index (κ3) is 1.89. The molecule has 0 saturated heterocycles. The molecule has 0 saturated carbocycles. The molecule has 0 atom stereocenters. The van der Waals surface area contributed by atoms with E-state index in [9.17, 15) is 9.59 Å². The second-order valence-corrected chi connectivity index (χ2v) is 5.64. The number of fused-ring (bicyclic) bond motifs is 1. The Morgan fingerprint density at radius 3 is 2.71 bits per heavy atom. The van der Waals surface area contributed by atoms with E-state index in [0.29, 0.717) is 10.0 Å². The van der Waals surface area contributed by atoms with E-state index >= 15 is 0 Å². The summed E-state index contributed by atoms with van der Waals surface area (Å²) < 4.78 is 0.653. The van der Waals surface area contributed by atoms with Crippen LogP contribution >= 0.6 is 27.5 Å². The second kappa shape index (κ2) is 4.10. The molecule has 0 aliphatic carbocycles. The Morgan fingerprint density at radius 2 is 2.12 bits per heavy atom. The van der Waals surface area contributed by atoms with Crippen LogP contribution in [0.25, 0.3) is 0 Å². The van der Waals surface area contributed by atoms with E-state index in [0.717, 1.165) is 11.3 Å². The molecular formula is C12H11BrClNO2. The number of nitrogens with one attached hydrogen (secondary N) is 1. The van der Waals surface area contributed by atoms with Crippen LogP contribution in [0.3, 0.4) is 0 Å². The Kier molecular flexibility index (Phi) is 3.04. The zero-order valence-electron chi connectivity index (χ0n) is 9.43. The molecule has 0 fully saturated rings. The molecular weight excluding hydrogens is 305 g/mol. The first-order valence-corrected chi connectivity index (χ1v) is 6.45. The van der Waals surface area contributed by atoms with Gasteiger partial charge in [0.25, 0.3) is 0 Å². The van der Waals surface area contributed by atoms with E-state index in [2.05, 4.69) is 21.2 Å². The number of Topliss-reactive ketones (excluding diaryl/α,β-unsaturated/α-hetero) is 1. The number of alkyl halides is 1. The van der Waals surface area contributed by atoms with Crippen molar-refractivity contribution in [1.82, 2.24) is 0 Å². The van der Waals surface area contributed by atoms with Crippen molar-refractivity contribution in [3.8, 4) is 0 Å². The van der Waals surface area contributed by atoms with Crippen molar-refractivity contribution in [3.63, 3.8) is 0 Å². The number of anilines is 1. The first-order chi connectivity index (χ1) is 7.87. The van der Waals surface area contributed by atoms with Gasteiger partial charge < -0.3 is 5.32 Å². The molecule has 5 heteroatoms. The van der Waals surface area contributed by atoms with E-state index in [1.807, 2.05) is 13.8 Å². The van der Waals surface area contributed by atoms with E-state index < -0.39 is 5.41 Å². The summed E-state index contributed by atoms with van der Waals surface area (Å²) in [6.07, 6.45) is 0. The van der Waals surface area contributed by atoms with Crippen molar-refractivity contribution in [2.24, 2.45) is 0 Å². The third-order valence-corrected chi connectivity index (χ3v) is 3.92. The number of hydrogen-bond donors (Lipinski definition) is 1.